The molecule has 0 saturated carbocycles. The molecule has 9 nitrogen and oxygen atoms in total. The number of ether oxygens (including phenoxy) is 2. The highest BCUT2D eigenvalue weighted by Crippen LogP contribution is 2.52. The molecule has 0 radical (unpaired) electrons. The Hall–Kier alpha value is -5.94. The number of carbonyl (C=O) groups excluding carboxylic acids is 4. The van der Waals surface area contributed by atoms with E-state index in [0.717, 1.165) is 27.8 Å². The van der Waals surface area contributed by atoms with Gasteiger partial charge in [0.05, 0.1) is 16.8 Å². The van der Waals surface area contributed by atoms with Gasteiger partial charge in [0.2, 0.25) is 0 Å². The van der Waals surface area contributed by atoms with Gasteiger partial charge in [0.25, 0.3) is 5.91 Å². The van der Waals surface area contributed by atoms with Gasteiger partial charge in [0.15, 0.2) is 12.4 Å². The maximum Gasteiger partial charge on any atom is 0.410 e. The molecule has 3 atom stereocenters. The monoisotopic (exact) mass is 843 g/mol. The maximum absolute atomic E-state index is 14.0. The molecule has 318 valence electrons. The zero-order valence-corrected chi connectivity index (χ0v) is 36.2. The standard InChI is InChI=1S/C50H54FN3O6S/c1-34(46(56)33-59-35(2)55)53-47(57)45-29-42(28-25-37(45)24-21-36-22-26-41(51)27-23-36)52-31-43-30-44(32-54(43)48(58)60-49(3,4)5)61-50(38-15-9-6-10-16-38,39-17-11-7-12-18-39)40-19-13-8-14-20-40/h6-20,22-23,25-29,34,43-44,52H,21,24,30-33H2,1-5H3,(H,53,57)/t34-,43-,44-/m0/s1. The van der Waals surface area contributed by atoms with Crippen molar-refractivity contribution in [1.82, 2.24) is 10.2 Å². The normalized spacial score (nSPS) is 15.7. The van der Waals surface area contributed by atoms with Crippen molar-refractivity contribution in [2.75, 3.05) is 25.0 Å². The average molecular weight is 844 g/mol. The zero-order valence-electron chi connectivity index (χ0n) is 35.4. The molecule has 2 N–H and O–H groups in total. The number of nitrogens with zero attached hydrogens (tertiary/aromatic N) is 1. The summed E-state index contributed by atoms with van der Waals surface area (Å²) in [5.74, 6) is -1.83. The fourth-order valence-corrected chi connectivity index (χ4v) is 9.47. The Labute approximate surface area is 362 Å². The fourth-order valence-electron chi connectivity index (χ4n) is 7.60. The molecular weight excluding hydrogens is 790 g/mol. The Bertz CT molecular complexity index is 2170. The van der Waals surface area contributed by atoms with Crippen molar-refractivity contribution in [3.05, 3.63) is 173 Å². The Kier molecular flexibility index (Phi) is 14.7. The van der Waals surface area contributed by atoms with Gasteiger partial charge in [-0.15, -0.1) is 11.8 Å². The van der Waals surface area contributed by atoms with Crippen molar-refractivity contribution in [2.45, 2.75) is 81.6 Å². The van der Waals surface area contributed by atoms with Gasteiger partial charge in [-0.25, -0.2) is 9.18 Å². The first kappa shape index (κ1) is 44.6. The largest absolute Gasteiger partial charge is 0.458 e. The number of thioether (sulfide) groups is 1. The van der Waals surface area contributed by atoms with Gasteiger partial charge in [-0.2, -0.15) is 0 Å². The number of anilines is 1. The number of amides is 2. The molecule has 0 bridgehead atoms. The molecule has 0 unspecified atom stereocenters. The SMILES string of the molecule is CC(=O)OCC(=O)[C@H](C)NC(=O)c1cc(NC[C@@H]2C[C@H](SC(c3ccccc3)(c3ccccc3)c3ccccc3)CN2C(=O)OC(C)(C)C)ccc1CCc1ccc(F)cc1. The Morgan fingerprint density at radius 3 is 1.92 bits per heavy atom. The number of aryl methyl sites for hydroxylation is 2. The Morgan fingerprint density at radius 2 is 1.38 bits per heavy atom. The minimum atomic E-state index is -0.918. The first-order valence-corrected chi connectivity index (χ1v) is 21.5. The number of carbonyl (C=O) groups is 4. The van der Waals surface area contributed by atoms with Crippen LogP contribution >= 0.6 is 11.8 Å². The van der Waals surface area contributed by atoms with E-state index in [1.54, 1.807) is 25.1 Å². The topological polar surface area (TPSA) is 114 Å². The highest BCUT2D eigenvalue weighted by molar-refractivity contribution is 8.01. The Balaban J connectivity index is 1.28. The Morgan fingerprint density at radius 1 is 0.803 bits per heavy atom. The fraction of sp³-hybridized carbons (Fsp3) is 0.320. The van der Waals surface area contributed by atoms with E-state index >= 15 is 0 Å². The third-order valence-electron chi connectivity index (χ3n) is 10.6. The number of benzene rings is 5. The summed E-state index contributed by atoms with van der Waals surface area (Å²) in [7, 11) is 0. The summed E-state index contributed by atoms with van der Waals surface area (Å²) in [5, 5.41) is 6.29. The number of rotatable bonds is 16. The van der Waals surface area contributed by atoms with Crippen LogP contribution in [0, 0.1) is 5.82 Å². The quantitative estimate of drug-likeness (QED) is 0.0747. The van der Waals surface area contributed by atoms with E-state index < -0.39 is 46.7 Å². The van der Waals surface area contributed by atoms with E-state index in [2.05, 4.69) is 83.4 Å². The highest BCUT2D eigenvalue weighted by atomic mass is 32.2. The lowest BCUT2D eigenvalue weighted by molar-refractivity contribution is -0.146. The van der Waals surface area contributed by atoms with Crippen LogP contribution in [-0.2, 0) is 36.7 Å². The average Bonchev–Trinajstić information content (AvgIpc) is 3.66. The van der Waals surface area contributed by atoms with Gasteiger partial charge >= 0.3 is 12.1 Å². The van der Waals surface area contributed by atoms with Crippen LogP contribution in [0.5, 0.6) is 0 Å². The van der Waals surface area contributed by atoms with E-state index in [1.165, 1.54) is 19.1 Å². The summed E-state index contributed by atoms with van der Waals surface area (Å²) in [5.41, 5.74) is 5.36. The van der Waals surface area contributed by atoms with E-state index in [0.29, 0.717) is 43.6 Å². The summed E-state index contributed by atoms with van der Waals surface area (Å²) < 4.78 is 23.9. The van der Waals surface area contributed by atoms with Crippen LogP contribution in [0.2, 0.25) is 0 Å². The first-order valence-electron chi connectivity index (χ1n) is 20.6. The van der Waals surface area contributed by atoms with Crippen LogP contribution in [0.15, 0.2) is 133 Å². The molecule has 6 rings (SSSR count). The van der Waals surface area contributed by atoms with E-state index in [9.17, 15) is 23.6 Å². The van der Waals surface area contributed by atoms with Crippen LogP contribution in [0.25, 0.3) is 0 Å². The molecule has 0 spiro atoms. The molecular formula is C50H54FN3O6S. The minimum Gasteiger partial charge on any atom is -0.458 e. The molecule has 61 heavy (non-hydrogen) atoms. The van der Waals surface area contributed by atoms with Crippen LogP contribution in [0.1, 0.15) is 79.2 Å². The molecule has 11 heteroatoms. The van der Waals surface area contributed by atoms with Crippen molar-refractivity contribution in [3.8, 4) is 0 Å². The lowest BCUT2D eigenvalue weighted by Crippen LogP contribution is -2.43. The summed E-state index contributed by atoms with van der Waals surface area (Å²) in [6, 6.07) is 42.0. The van der Waals surface area contributed by atoms with E-state index in [-0.39, 0.29) is 17.1 Å². The summed E-state index contributed by atoms with van der Waals surface area (Å²) in [4.78, 5) is 53.7. The second-order valence-electron chi connectivity index (χ2n) is 16.4. The number of Topliss-reactive ketones (excluding diaryl/α,β-unsaturated/α-hetero) is 1. The van der Waals surface area contributed by atoms with Gasteiger partial charge in [-0.3, -0.25) is 14.4 Å². The number of halogens is 1. The predicted molar refractivity (Wildman–Crippen MR) is 239 cm³/mol. The van der Waals surface area contributed by atoms with Gasteiger partial charge in [0, 0.05) is 36.5 Å². The lowest BCUT2D eigenvalue weighted by Gasteiger charge is -2.37. The molecule has 5 aromatic rings. The first-order chi connectivity index (χ1) is 29.2. The second-order valence-corrected chi connectivity index (χ2v) is 17.9. The van der Waals surface area contributed by atoms with Gasteiger partial charge in [-0.05, 0) is 99.0 Å². The smallest absolute Gasteiger partial charge is 0.410 e. The van der Waals surface area contributed by atoms with Crippen LogP contribution in [-0.4, -0.2) is 71.3 Å². The van der Waals surface area contributed by atoms with Gasteiger partial charge < -0.3 is 25.0 Å². The number of nitrogens with one attached hydrogen (secondary N) is 2. The number of ketones is 1. The van der Waals surface area contributed by atoms with Gasteiger partial charge in [-0.1, -0.05) is 109 Å². The van der Waals surface area contributed by atoms with Crippen molar-refractivity contribution >= 4 is 41.2 Å². The molecule has 2 amide bonds. The minimum absolute atomic E-state index is 0.00104. The number of esters is 1. The third-order valence-corrected chi connectivity index (χ3v) is 12.4. The molecule has 0 aliphatic carbocycles. The van der Waals surface area contributed by atoms with Crippen molar-refractivity contribution in [3.63, 3.8) is 0 Å². The molecule has 0 aromatic heterocycles. The molecule has 1 aliphatic heterocycles. The van der Waals surface area contributed by atoms with Crippen LogP contribution in [0.3, 0.4) is 0 Å². The van der Waals surface area contributed by atoms with Crippen LogP contribution < -0.4 is 10.6 Å². The molecule has 5 aromatic carbocycles. The summed E-state index contributed by atoms with van der Waals surface area (Å²) in [6.07, 6.45) is 1.30. The molecule has 1 heterocycles. The zero-order chi connectivity index (χ0) is 43.6. The molecule has 1 aliphatic rings. The number of likely N-dealkylation sites (tertiary alicyclic amines) is 1. The maximum atomic E-state index is 14.0. The lowest BCUT2D eigenvalue weighted by atomic mass is 9.84. The van der Waals surface area contributed by atoms with E-state index in [1.807, 2.05) is 67.8 Å². The van der Waals surface area contributed by atoms with Gasteiger partial charge in [0.1, 0.15) is 11.4 Å². The predicted octanol–water partition coefficient (Wildman–Crippen LogP) is 9.38. The number of hydrogen-bond donors (Lipinski definition) is 2. The van der Waals surface area contributed by atoms with Crippen LogP contribution in [0.4, 0.5) is 14.9 Å². The van der Waals surface area contributed by atoms with Crippen molar-refractivity contribution in [1.29, 1.82) is 0 Å². The highest BCUT2D eigenvalue weighted by Gasteiger charge is 2.45. The third kappa shape index (κ3) is 11.7. The van der Waals surface area contributed by atoms with E-state index in [4.69, 9.17) is 9.47 Å². The molecule has 1 saturated heterocycles. The summed E-state index contributed by atoms with van der Waals surface area (Å²) >= 11 is 1.84. The summed E-state index contributed by atoms with van der Waals surface area (Å²) in [6.45, 7) is 8.72. The molecule has 1 fully saturated rings. The van der Waals surface area contributed by atoms with Crippen molar-refractivity contribution in [2.24, 2.45) is 0 Å². The number of hydrogen-bond acceptors (Lipinski definition) is 8. The van der Waals surface area contributed by atoms with Crippen molar-refractivity contribution < 1.29 is 33.0 Å². The second kappa shape index (κ2) is 20.1.